The number of pyridine rings is 1. The zero-order valence-corrected chi connectivity index (χ0v) is 48.1. The van der Waals surface area contributed by atoms with Gasteiger partial charge in [0.05, 0.1) is 33.4 Å². The van der Waals surface area contributed by atoms with Crippen LogP contribution in [0.3, 0.4) is 0 Å². The number of ether oxygens (including phenoxy) is 1. The van der Waals surface area contributed by atoms with E-state index in [4.69, 9.17) is 9.72 Å². The Bertz CT molecular complexity index is 4680. The van der Waals surface area contributed by atoms with E-state index in [0.29, 0.717) is 0 Å². The molecule has 1 aliphatic heterocycles. The van der Waals surface area contributed by atoms with E-state index in [0.717, 1.165) is 102 Å². The van der Waals surface area contributed by atoms with Gasteiger partial charge in [-0.2, -0.15) is 0 Å². The monoisotopic (exact) mass is 1070 g/mol. The van der Waals surface area contributed by atoms with Gasteiger partial charge in [-0.25, -0.2) is 4.98 Å². The number of nitrogens with zero attached hydrogens (tertiary/aromatic N) is 4. The zero-order valence-electron chi connectivity index (χ0n) is 48.1. The molecule has 3 aromatic heterocycles. The minimum atomic E-state index is -0.0359. The molecule has 10 aromatic carbocycles. The predicted molar refractivity (Wildman–Crippen MR) is 342 cm³/mol. The Hall–Kier alpha value is -9.58. The molecule has 4 heterocycles. The number of hydrogen-bond acceptors (Lipinski definition) is 2. The van der Waals surface area contributed by atoms with E-state index in [-0.39, 0.29) is 16.2 Å². The molecule has 0 atom stereocenters. The number of rotatable bonds is 7. The maximum Gasteiger partial charge on any atom is 0.269 e. The lowest BCUT2D eigenvalue weighted by molar-refractivity contribution is -0.570. The first-order valence-electron chi connectivity index (χ1n) is 29.2. The van der Waals surface area contributed by atoms with Crippen molar-refractivity contribution in [2.24, 2.45) is 0 Å². The van der Waals surface area contributed by atoms with Crippen molar-refractivity contribution in [2.45, 2.75) is 77.6 Å². The summed E-state index contributed by atoms with van der Waals surface area (Å²) in [5, 5.41) is 2.32. The molecule has 2 aliphatic rings. The van der Waals surface area contributed by atoms with Crippen LogP contribution in [0.1, 0.15) is 78.0 Å². The van der Waals surface area contributed by atoms with Crippen LogP contribution in [0.2, 0.25) is 0 Å². The second-order valence-corrected chi connectivity index (χ2v) is 25.2. The third-order valence-electron chi connectivity index (χ3n) is 18.0. The number of aromatic nitrogens is 4. The molecule has 0 saturated heterocycles. The first kappa shape index (κ1) is 50.4. The van der Waals surface area contributed by atoms with Gasteiger partial charge < -0.3 is 4.74 Å². The van der Waals surface area contributed by atoms with Gasteiger partial charge in [0.25, 0.3) is 6.33 Å². The Balaban J connectivity index is 0.960. The fraction of sp³-hybridized carbons (Fsp3) is 0.154. The molecule has 0 amide bonds. The smallest absolute Gasteiger partial charge is 0.269 e. The molecule has 402 valence electrons. The van der Waals surface area contributed by atoms with Gasteiger partial charge in [-0.15, -0.1) is 0 Å². The summed E-state index contributed by atoms with van der Waals surface area (Å²) in [4.78, 5) is 4.95. The molecule has 5 nitrogen and oxygen atoms in total. The lowest BCUT2D eigenvalue weighted by Crippen LogP contribution is -2.34. The van der Waals surface area contributed by atoms with Crippen molar-refractivity contribution in [1.29, 1.82) is 0 Å². The summed E-state index contributed by atoms with van der Waals surface area (Å²) < 4.78 is 13.9. The number of benzene rings is 10. The first-order valence-corrected chi connectivity index (χ1v) is 29.2. The van der Waals surface area contributed by atoms with Gasteiger partial charge in [-0.3, -0.25) is 13.7 Å². The van der Waals surface area contributed by atoms with Gasteiger partial charge >= 0.3 is 0 Å². The second kappa shape index (κ2) is 19.0. The number of imidazole rings is 1. The summed E-state index contributed by atoms with van der Waals surface area (Å²) in [5.74, 6) is 2.34. The van der Waals surface area contributed by atoms with Gasteiger partial charge in [-0.1, -0.05) is 200 Å². The Morgan fingerprint density at radius 2 is 1.00 bits per heavy atom. The van der Waals surface area contributed by atoms with E-state index in [2.05, 4.69) is 299 Å². The van der Waals surface area contributed by atoms with E-state index in [1.165, 1.54) is 55.5 Å². The standard InChI is InChI=1S/C78H64N4O/c1-76(2,3)55-37-40-79-73(44-55)82-70-33-17-16-29-62(70)63-36-35-58(46-72(63)82)83-57-26-18-25-56(45-57)80-49-81-74-59(54-42-52(50-21-10-8-11-22-50)41-53(43-54)51-23-12-9-13-24-51)30-19-31-65(74)67-48-69-68(77(4,5)38-39-78(69,6)7)47-66(67)61-28-15-14-27-60(61)64-32-20-34-71(80)75(64)81/h8-37,40-48H,38-39H2,1-7H3. The van der Waals surface area contributed by atoms with Crippen LogP contribution in [0.15, 0.2) is 237 Å². The minimum absolute atomic E-state index is 0.00930. The van der Waals surface area contributed by atoms with Crippen molar-refractivity contribution in [3.8, 4) is 95.5 Å². The summed E-state index contributed by atoms with van der Waals surface area (Å²) in [5.41, 5.74) is 24.4. The van der Waals surface area contributed by atoms with Gasteiger partial charge in [0.15, 0.2) is 0 Å². The van der Waals surface area contributed by atoms with E-state index in [1.807, 2.05) is 6.20 Å². The van der Waals surface area contributed by atoms with Crippen LogP contribution >= 0.6 is 0 Å². The molecule has 0 spiro atoms. The molecule has 15 rings (SSSR count). The highest BCUT2D eigenvalue weighted by atomic mass is 16.5. The highest BCUT2D eigenvalue weighted by Gasteiger charge is 2.39. The summed E-state index contributed by atoms with van der Waals surface area (Å²) in [6.07, 6.45) is 8.27. The Labute approximate surface area is 486 Å². The summed E-state index contributed by atoms with van der Waals surface area (Å²) >= 11 is 0. The van der Waals surface area contributed by atoms with E-state index in [9.17, 15) is 0 Å². The van der Waals surface area contributed by atoms with E-state index < -0.39 is 0 Å². The maximum absolute atomic E-state index is 6.97. The molecule has 0 unspecified atom stereocenters. The summed E-state index contributed by atoms with van der Waals surface area (Å²) in [7, 11) is 0. The van der Waals surface area contributed by atoms with Gasteiger partial charge in [0.2, 0.25) is 0 Å². The highest BCUT2D eigenvalue weighted by molar-refractivity contribution is 6.09. The fourth-order valence-corrected chi connectivity index (χ4v) is 13.4. The van der Waals surface area contributed by atoms with E-state index >= 15 is 0 Å². The molecule has 0 radical (unpaired) electrons. The topological polar surface area (TPSA) is 35.9 Å². The van der Waals surface area contributed by atoms with Crippen molar-refractivity contribution >= 4 is 32.8 Å². The Kier molecular flexibility index (Phi) is 11.5. The summed E-state index contributed by atoms with van der Waals surface area (Å²) in [6.45, 7) is 16.5. The van der Waals surface area contributed by atoms with Crippen molar-refractivity contribution in [3.05, 3.63) is 260 Å². The maximum atomic E-state index is 6.97. The Morgan fingerprint density at radius 1 is 0.446 bits per heavy atom. The fourth-order valence-electron chi connectivity index (χ4n) is 13.4. The molecule has 0 saturated carbocycles. The second-order valence-electron chi connectivity index (χ2n) is 25.2. The molecular formula is C78H64N4O. The van der Waals surface area contributed by atoms with Crippen molar-refractivity contribution in [2.75, 3.05) is 0 Å². The molecular weight excluding hydrogens is 1010 g/mol. The van der Waals surface area contributed by atoms with Crippen molar-refractivity contribution < 1.29 is 9.30 Å². The normalized spacial score (nSPS) is 14.1. The minimum Gasteiger partial charge on any atom is -0.458 e. The van der Waals surface area contributed by atoms with Crippen LogP contribution in [-0.4, -0.2) is 14.1 Å². The van der Waals surface area contributed by atoms with Crippen LogP contribution < -0.4 is 9.30 Å². The van der Waals surface area contributed by atoms with E-state index in [1.54, 1.807) is 0 Å². The van der Waals surface area contributed by atoms with Crippen LogP contribution in [0.4, 0.5) is 0 Å². The van der Waals surface area contributed by atoms with Gasteiger partial charge in [-0.05, 0) is 185 Å². The third-order valence-corrected chi connectivity index (χ3v) is 18.0. The Morgan fingerprint density at radius 3 is 1.71 bits per heavy atom. The van der Waals surface area contributed by atoms with Crippen molar-refractivity contribution in [1.82, 2.24) is 14.1 Å². The molecule has 0 N–H and O–H groups in total. The van der Waals surface area contributed by atoms with Gasteiger partial charge in [0, 0.05) is 23.0 Å². The predicted octanol–water partition coefficient (Wildman–Crippen LogP) is 20.0. The molecule has 5 heteroatoms. The number of para-hydroxylation sites is 3. The molecule has 1 aliphatic carbocycles. The lowest BCUT2D eigenvalue weighted by atomic mass is 9.62. The largest absolute Gasteiger partial charge is 0.458 e. The SMILES string of the molecule is CC(C)(C)c1ccnc(-n2c3ccccc3c3ccc(Oc4cccc(-n5[c-][n+]6c7c(cccc75)-c5ccccc5-c5cc7c(cc5-c5cccc(-c8cc(-c9ccccc9)cc(-c9ccccc9)c8)c5-6)C(C)(C)CCC7(C)C)c4)cc32)c1. The average molecular weight is 1070 g/mol. The molecule has 13 aromatic rings. The highest BCUT2D eigenvalue weighted by Crippen LogP contribution is 2.53. The first-order chi connectivity index (χ1) is 40.3. The quantitative estimate of drug-likeness (QED) is 0.118. The molecule has 83 heavy (non-hydrogen) atoms. The van der Waals surface area contributed by atoms with Crippen LogP contribution in [0.25, 0.3) is 117 Å². The summed E-state index contributed by atoms with van der Waals surface area (Å²) in [6, 6.07) is 84.5. The van der Waals surface area contributed by atoms with Crippen LogP contribution in [0, 0.1) is 6.33 Å². The van der Waals surface area contributed by atoms with Crippen molar-refractivity contribution in [3.63, 3.8) is 0 Å². The lowest BCUT2D eigenvalue weighted by Gasteiger charge is -2.42. The number of fused-ring (bicyclic) bond motifs is 11. The zero-order chi connectivity index (χ0) is 56.4. The van der Waals surface area contributed by atoms with Gasteiger partial charge in [0.1, 0.15) is 17.3 Å². The third kappa shape index (κ3) is 8.43. The van der Waals surface area contributed by atoms with Crippen LogP contribution in [0.5, 0.6) is 11.5 Å². The molecule has 0 bridgehead atoms. The molecule has 0 fully saturated rings. The van der Waals surface area contributed by atoms with Crippen LogP contribution in [-0.2, 0) is 16.2 Å². The average Bonchev–Trinajstić information content (AvgIpc) is 2.18. The number of hydrogen-bond donors (Lipinski definition) is 0.